The minimum atomic E-state index is -0.599. The van der Waals surface area contributed by atoms with Crippen molar-refractivity contribution in [2.75, 3.05) is 13.7 Å². The third kappa shape index (κ3) is 6.79. The summed E-state index contributed by atoms with van der Waals surface area (Å²) in [5, 5.41) is 2.99. The lowest BCUT2D eigenvalue weighted by molar-refractivity contribution is -0.143. The van der Waals surface area contributed by atoms with Crippen molar-refractivity contribution in [3.05, 3.63) is 60.2 Å². The van der Waals surface area contributed by atoms with Crippen molar-refractivity contribution in [1.29, 1.82) is 0 Å². The molecule has 0 radical (unpaired) electrons. The lowest BCUT2D eigenvalue weighted by Gasteiger charge is -2.33. The molecule has 0 saturated carbocycles. The largest absolute Gasteiger partial charge is 0.493 e. The van der Waals surface area contributed by atoms with Crippen LogP contribution in [0, 0.1) is 0 Å². The predicted octanol–water partition coefficient (Wildman–Crippen LogP) is 3.80. The molecular formula is C24H32N2O4. The van der Waals surface area contributed by atoms with Gasteiger partial charge in [-0.2, -0.15) is 0 Å². The quantitative estimate of drug-likeness (QED) is 0.680. The van der Waals surface area contributed by atoms with Crippen LogP contribution in [0.3, 0.4) is 0 Å². The van der Waals surface area contributed by atoms with Crippen LogP contribution in [0.15, 0.2) is 54.6 Å². The van der Waals surface area contributed by atoms with E-state index in [1.807, 2.05) is 70.2 Å². The first kappa shape index (κ1) is 23.3. The summed E-state index contributed by atoms with van der Waals surface area (Å²) in [6.45, 7) is 7.81. The highest BCUT2D eigenvalue weighted by atomic mass is 16.5. The fraction of sp³-hybridized carbons (Fsp3) is 0.417. The van der Waals surface area contributed by atoms with Crippen molar-refractivity contribution in [3.8, 4) is 11.5 Å². The number of nitrogens with zero attached hydrogens (tertiary/aromatic N) is 1. The van der Waals surface area contributed by atoms with Crippen molar-refractivity contribution < 1.29 is 19.1 Å². The van der Waals surface area contributed by atoms with Gasteiger partial charge in [-0.15, -0.1) is 0 Å². The lowest BCUT2D eigenvalue weighted by Crippen LogP contribution is -2.54. The Balaban J connectivity index is 2.22. The second-order valence-electron chi connectivity index (χ2n) is 8.11. The van der Waals surface area contributed by atoms with E-state index in [1.54, 1.807) is 24.1 Å². The molecule has 6 nitrogen and oxygen atoms in total. The third-order valence-corrected chi connectivity index (χ3v) is 4.50. The van der Waals surface area contributed by atoms with Gasteiger partial charge in [0.1, 0.15) is 6.04 Å². The highest BCUT2D eigenvalue weighted by Crippen LogP contribution is 2.26. The van der Waals surface area contributed by atoms with Gasteiger partial charge in [-0.1, -0.05) is 49.4 Å². The average molecular weight is 413 g/mol. The minimum Gasteiger partial charge on any atom is -0.493 e. The Hall–Kier alpha value is -3.02. The van der Waals surface area contributed by atoms with Crippen LogP contribution in [0.5, 0.6) is 11.5 Å². The van der Waals surface area contributed by atoms with E-state index in [0.717, 1.165) is 5.56 Å². The summed E-state index contributed by atoms with van der Waals surface area (Å²) in [5.41, 5.74) is 0.560. The molecule has 0 aliphatic heterocycles. The van der Waals surface area contributed by atoms with Gasteiger partial charge in [0, 0.05) is 12.1 Å². The number of hydrogen-bond donors (Lipinski definition) is 1. The molecule has 2 amide bonds. The maximum absolute atomic E-state index is 13.2. The molecule has 0 bridgehead atoms. The summed E-state index contributed by atoms with van der Waals surface area (Å²) in [7, 11) is 1.55. The van der Waals surface area contributed by atoms with Crippen molar-refractivity contribution in [2.45, 2.75) is 52.2 Å². The number of amides is 2. The second kappa shape index (κ2) is 10.7. The van der Waals surface area contributed by atoms with Gasteiger partial charge in [-0.25, -0.2) is 0 Å². The zero-order valence-electron chi connectivity index (χ0n) is 18.5. The monoisotopic (exact) mass is 412 g/mol. The molecule has 0 aliphatic carbocycles. The van der Waals surface area contributed by atoms with E-state index in [0.29, 0.717) is 24.5 Å². The fourth-order valence-electron chi connectivity index (χ4n) is 3.11. The molecule has 0 spiro atoms. The maximum atomic E-state index is 13.2. The van der Waals surface area contributed by atoms with E-state index in [2.05, 4.69) is 5.32 Å². The van der Waals surface area contributed by atoms with Gasteiger partial charge in [0.25, 0.3) is 5.91 Å². The van der Waals surface area contributed by atoms with Crippen LogP contribution in [-0.2, 0) is 16.1 Å². The second-order valence-corrected chi connectivity index (χ2v) is 8.11. The summed E-state index contributed by atoms with van der Waals surface area (Å²) in [5.74, 6) is 0.602. The van der Waals surface area contributed by atoms with E-state index in [4.69, 9.17) is 9.47 Å². The van der Waals surface area contributed by atoms with Crippen LogP contribution in [0.25, 0.3) is 0 Å². The Bertz CT molecular complexity index is 831. The predicted molar refractivity (Wildman–Crippen MR) is 117 cm³/mol. The van der Waals surface area contributed by atoms with Crippen molar-refractivity contribution in [2.24, 2.45) is 0 Å². The van der Waals surface area contributed by atoms with Crippen molar-refractivity contribution >= 4 is 11.8 Å². The number of benzene rings is 2. The summed E-state index contributed by atoms with van der Waals surface area (Å²) >= 11 is 0. The van der Waals surface area contributed by atoms with Gasteiger partial charge in [0.05, 0.1) is 7.11 Å². The molecule has 2 aromatic rings. The van der Waals surface area contributed by atoms with Crippen LogP contribution >= 0.6 is 0 Å². The molecule has 6 heteroatoms. The van der Waals surface area contributed by atoms with Crippen LogP contribution in [0.1, 0.15) is 39.7 Å². The normalized spacial score (nSPS) is 12.0. The van der Waals surface area contributed by atoms with E-state index in [1.165, 1.54) is 0 Å². The molecule has 0 aromatic heterocycles. The SMILES string of the molecule is CC[C@@H](C(=O)NC(C)(C)C)N(Cc1ccccc1)C(=O)COc1ccccc1OC. The highest BCUT2D eigenvalue weighted by Gasteiger charge is 2.31. The average Bonchev–Trinajstić information content (AvgIpc) is 2.71. The molecule has 2 aromatic carbocycles. The first-order valence-electron chi connectivity index (χ1n) is 10.2. The number of hydrogen-bond acceptors (Lipinski definition) is 4. The highest BCUT2D eigenvalue weighted by molar-refractivity contribution is 5.88. The molecule has 162 valence electrons. The number of ether oxygens (including phenoxy) is 2. The van der Waals surface area contributed by atoms with E-state index < -0.39 is 6.04 Å². The Labute approximate surface area is 179 Å². The maximum Gasteiger partial charge on any atom is 0.261 e. The molecule has 0 aliphatic rings. The van der Waals surface area contributed by atoms with Gasteiger partial charge in [-0.3, -0.25) is 9.59 Å². The lowest BCUT2D eigenvalue weighted by atomic mass is 10.1. The van der Waals surface area contributed by atoms with Gasteiger partial charge >= 0.3 is 0 Å². The Kier molecular flexibility index (Phi) is 8.27. The first-order chi connectivity index (χ1) is 14.2. The topological polar surface area (TPSA) is 67.9 Å². The van der Waals surface area contributed by atoms with E-state index >= 15 is 0 Å². The number of para-hydroxylation sites is 2. The zero-order chi connectivity index (χ0) is 22.1. The van der Waals surface area contributed by atoms with Gasteiger partial charge in [0.15, 0.2) is 18.1 Å². The number of carbonyl (C=O) groups excluding carboxylic acids is 2. The van der Waals surface area contributed by atoms with Gasteiger partial charge in [-0.05, 0) is 44.9 Å². The third-order valence-electron chi connectivity index (χ3n) is 4.50. The molecular weight excluding hydrogens is 380 g/mol. The van der Waals surface area contributed by atoms with Gasteiger partial charge in [0.2, 0.25) is 5.91 Å². The molecule has 0 fully saturated rings. The van der Waals surface area contributed by atoms with Crippen molar-refractivity contribution in [3.63, 3.8) is 0 Å². The Morgan fingerprint density at radius 3 is 2.17 bits per heavy atom. The fourth-order valence-corrected chi connectivity index (χ4v) is 3.11. The number of nitrogens with one attached hydrogen (secondary N) is 1. The number of methoxy groups -OCH3 is 1. The molecule has 0 saturated heterocycles. The molecule has 1 atom stereocenters. The number of carbonyl (C=O) groups is 2. The first-order valence-corrected chi connectivity index (χ1v) is 10.2. The van der Waals surface area contributed by atoms with Crippen LogP contribution in [-0.4, -0.2) is 42.0 Å². The van der Waals surface area contributed by atoms with Crippen LogP contribution in [0.2, 0.25) is 0 Å². The zero-order valence-corrected chi connectivity index (χ0v) is 18.5. The van der Waals surface area contributed by atoms with Crippen LogP contribution < -0.4 is 14.8 Å². The Morgan fingerprint density at radius 2 is 1.60 bits per heavy atom. The van der Waals surface area contributed by atoms with Crippen LogP contribution in [0.4, 0.5) is 0 Å². The molecule has 2 rings (SSSR count). The molecule has 0 heterocycles. The summed E-state index contributed by atoms with van der Waals surface area (Å²) in [6.07, 6.45) is 0.495. The number of rotatable bonds is 9. The minimum absolute atomic E-state index is 0.174. The molecule has 30 heavy (non-hydrogen) atoms. The van der Waals surface area contributed by atoms with Crippen molar-refractivity contribution in [1.82, 2.24) is 10.2 Å². The molecule has 0 unspecified atom stereocenters. The summed E-state index contributed by atoms with van der Waals surface area (Å²) in [6, 6.07) is 16.2. The molecule has 1 N–H and O–H groups in total. The smallest absolute Gasteiger partial charge is 0.261 e. The summed E-state index contributed by atoms with van der Waals surface area (Å²) in [4.78, 5) is 27.7. The van der Waals surface area contributed by atoms with E-state index in [9.17, 15) is 9.59 Å². The summed E-state index contributed by atoms with van der Waals surface area (Å²) < 4.78 is 11.0. The van der Waals surface area contributed by atoms with E-state index in [-0.39, 0.29) is 24.0 Å². The standard InChI is InChI=1S/C24H32N2O4/c1-6-19(23(28)25-24(2,3)4)26(16-18-12-8-7-9-13-18)22(27)17-30-21-15-11-10-14-20(21)29-5/h7-15,19H,6,16-17H2,1-5H3,(H,25,28)/t19-/m0/s1. The Morgan fingerprint density at radius 1 is 1.00 bits per heavy atom. The van der Waals surface area contributed by atoms with Gasteiger partial charge < -0.3 is 19.7 Å².